The summed E-state index contributed by atoms with van der Waals surface area (Å²) in [5.74, 6) is -0.973. The van der Waals surface area contributed by atoms with Gasteiger partial charge in [-0.05, 0) is 66.9 Å². The summed E-state index contributed by atoms with van der Waals surface area (Å²) >= 11 is 19.0. The average Bonchev–Trinajstić information content (AvgIpc) is 3.01. The number of carbonyl (C=O) groups excluding carboxylic acids is 2. The lowest BCUT2D eigenvalue weighted by Crippen LogP contribution is -2.53. The van der Waals surface area contributed by atoms with Crippen LogP contribution in [0.3, 0.4) is 0 Å². The average molecular weight is 687 g/mol. The lowest BCUT2D eigenvalue weighted by Gasteiger charge is -2.34. The van der Waals surface area contributed by atoms with E-state index >= 15 is 0 Å². The van der Waals surface area contributed by atoms with E-state index in [0.29, 0.717) is 33.6 Å². The Hall–Kier alpha value is -3.56. The molecule has 0 unspecified atom stereocenters. The smallest absolute Gasteiger partial charge is 0.264 e. The van der Waals surface area contributed by atoms with E-state index in [9.17, 15) is 18.0 Å². The molecule has 4 aromatic carbocycles. The van der Waals surface area contributed by atoms with Gasteiger partial charge >= 0.3 is 0 Å². The summed E-state index contributed by atoms with van der Waals surface area (Å²) in [5, 5.41) is 3.94. The second-order valence-corrected chi connectivity index (χ2v) is 13.7. The first-order valence-electron chi connectivity index (χ1n) is 14.4. The summed E-state index contributed by atoms with van der Waals surface area (Å²) in [5.41, 5.74) is 2.46. The highest BCUT2D eigenvalue weighted by Gasteiger charge is 2.35. The molecule has 0 saturated carbocycles. The Bertz CT molecular complexity index is 1740. The summed E-state index contributed by atoms with van der Waals surface area (Å²) in [7, 11) is -4.24. The largest absolute Gasteiger partial charge is 0.354 e. The van der Waals surface area contributed by atoms with Gasteiger partial charge in [-0.1, -0.05) is 102 Å². The monoisotopic (exact) mass is 685 g/mol. The molecule has 0 spiro atoms. The van der Waals surface area contributed by atoms with Crippen LogP contribution in [0.2, 0.25) is 15.1 Å². The number of anilines is 1. The third-order valence-corrected chi connectivity index (χ3v) is 9.77. The Morgan fingerprint density at radius 1 is 0.844 bits per heavy atom. The number of benzene rings is 4. The van der Waals surface area contributed by atoms with Crippen LogP contribution in [0.1, 0.15) is 30.0 Å². The molecule has 0 aliphatic heterocycles. The number of carbonyl (C=O) groups is 2. The molecule has 45 heavy (non-hydrogen) atoms. The van der Waals surface area contributed by atoms with Gasteiger partial charge in [-0.15, -0.1) is 0 Å². The van der Waals surface area contributed by atoms with Gasteiger partial charge in [-0.25, -0.2) is 8.42 Å². The Kier molecular flexibility index (Phi) is 11.9. The number of halogens is 3. The molecular weight excluding hydrogens is 653 g/mol. The molecule has 11 heteroatoms. The van der Waals surface area contributed by atoms with E-state index in [-0.39, 0.29) is 29.5 Å². The van der Waals surface area contributed by atoms with E-state index in [0.717, 1.165) is 15.4 Å². The van der Waals surface area contributed by atoms with Crippen molar-refractivity contribution in [3.8, 4) is 0 Å². The topological polar surface area (TPSA) is 86.8 Å². The van der Waals surface area contributed by atoms with E-state index in [2.05, 4.69) is 5.32 Å². The van der Waals surface area contributed by atoms with Crippen LogP contribution in [0.4, 0.5) is 5.69 Å². The van der Waals surface area contributed by atoms with Gasteiger partial charge in [-0.3, -0.25) is 13.9 Å². The van der Waals surface area contributed by atoms with Gasteiger partial charge in [-0.2, -0.15) is 0 Å². The highest BCUT2D eigenvalue weighted by molar-refractivity contribution is 7.92. The standard InChI is InChI=1S/C34H34Cl3N3O4S/c1-3-18-38-34(42)32(19-25-8-5-4-6-9-25)39(22-26-14-15-28(36)21-31(26)37)33(41)23-40(29-11-7-10-27(35)20-29)45(43,44)30-16-12-24(2)13-17-30/h4-17,20-21,32H,3,18-19,22-23H2,1-2H3,(H,38,42)/t32-/m1/s1. The molecule has 1 atom stereocenters. The van der Waals surface area contributed by atoms with Crippen molar-refractivity contribution in [2.75, 3.05) is 17.4 Å². The SMILES string of the molecule is CCCNC(=O)[C@@H](Cc1ccccc1)N(Cc1ccc(Cl)cc1Cl)C(=O)CN(c1cccc(Cl)c1)S(=O)(=O)c1ccc(C)cc1. The fourth-order valence-electron chi connectivity index (χ4n) is 4.75. The number of nitrogens with one attached hydrogen (secondary N) is 1. The molecule has 0 radical (unpaired) electrons. The highest BCUT2D eigenvalue weighted by Crippen LogP contribution is 2.28. The number of aryl methyl sites for hydroxylation is 1. The number of amides is 2. The maximum atomic E-state index is 14.5. The fraction of sp³-hybridized carbons (Fsp3) is 0.235. The van der Waals surface area contributed by atoms with Crippen molar-refractivity contribution in [3.63, 3.8) is 0 Å². The van der Waals surface area contributed by atoms with E-state index in [4.69, 9.17) is 34.8 Å². The van der Waals surface area contributed by atoms with Crippen LogP contribution in [-0.4, -0.2) is 44.3 Å². The van der Waals surface area contributed by atoms with Crippen LogP contribution in [0.5, 0.6) is 0 Å². The molecule has 0 aliphatic carbocycles. The fourth-order valence-corrected chi connectivity index (χ4v) is 6.81. The lowest BCUT2D eigenvalue weighted by molar-refractivity contribution is -0.140. The Balaban J connectivity index is 1.82. The molecule has 4 aromatic rings. The zero-order valence-corrected chi connectivity index (χ0v) is 28.0. The molecule has 0 heterocycles. The van der Waals surface area contributed by atoms with Crippen molar-refractivity contribution in [2.24, 2.45) is 0 Å². The molecule has 0 aliphatic rings. The number of sulfonamides is 1. The van der Waals surface area contributed by atoms with Crippen LogP contribution >= 0.6 is 34.8 Å². The van der Waals surface area contributed by atoms with Crippen molar-refractivity contribution in [2.45, 2.75) is 44.2 Å². The van der Waals surface area contributed by atoms with E-state index in [1.807, 2.05) is 44.2 Å². The second kappa shape index (κ2) is 15.6. The first-order valence-corrected chi connectivity index (χ1v) is 17.0. The normalized spacial score (nSPS) is 11.9. The Morgan fingerprint density at radius 2 is 1.53 bits per heavy atom. The summed E-state index contributed by atoms with van der Waals surface area (Å²) in [6, 6.07) is 25.9. The van der Waals surface area contributed by atoms with E-state index < -0.39 is 28.5 Å². The minimum absolute atomic E-state index is 0.00898. The van der Waals surface area contributed by atoms with Crippen LogP contribution in [0, 0.1) is 6.92 Å². The van der Waals surface area contributed by atoms with Crippen molar-refractivity contribution >= 4 is 62.3 Å². The van der Waals surface area contributed by atoms with Gasteiger partial charge in [0.15, 0.2) is 0 Å². The molecule has 0 bridgehead atoms. The summed E-state index contributed by atoms with van der Waals surface area (Å²) in [6.45, 7) is 3.52. The van der Waals surface area contributed by atoms with Gasteiger partial charge in [0.25, 0.3) is 10.0 Å². The molecule has 2 amide bonds. The number of nitrogens with zero attached hydrogens (tertiary/aromatic N) is 2. The van der Waals surface area contributed by atoms with Crippen molar-refractivity contribution < 1.29 is 18.0 Å². The number of rotatable bonds is 13. The highest BCUT2D eigenvalue weighted by atomic mass is 35.5. The van der Waals surface area contributed by atoms with Crippen LogP contribution < -0.4 is 9.62 Å². The van der Waals surface area contributed by atoms with Crippen molar-refractivity contribution in [1.82, 2.24) is 10.2 Å². The minimum atomic E-state index is -4.24. The molecule has 1 N–H and O–H groups in total. The quantitative estimate of drug-likeness (QED) is 0.160. The molecule has 0 saturated heterocycles. The molecule has 7 nitrogen and oxygen atoms in total. The minimum Gasteiger partial charge on any atom is -0.354 e. The van der Waals surface area contributed by atoms with Crippen molar-refractivity contribution in [1.29, 1.82) is 0 Å². The number of hydrogen-bond acceptors (Lipinski definition) is 4. The van der Waals surface area contributed by atoms with E-state index in [1.165, 1.54) is 23.1 Å². The maximum absolute atomic E-state index is 14.5. The molecule has 0 aromatic heterocycles. The molecule has 0 fully saturated rings. The zero-order valence-electron chi connectivity index (χ0n) is 24.9. The van der Waals surface area contributed by atoms with Crippen LogP contribution in [0.15, 0.2) is 102 Å². The first kappa shape index (κ1) is 34.3. The third kappa shape index (κ3) is 9.01. The van der Waals surface area contributed by atoms with E-state index in [1.54, 1.807) is 48.5 Å². The lowest BCUT2D eigenvalue weighted by atomic mass is 10.0. The van der Waals surface area contributed by atoms with Gasteiger partial charge in [0.2, 0.25) is 11.8 Å². The third-order valence-electron chi connectivity index (χ3n) is 7.16. The summed E-state index contributed by atoms with van der Waals surface area (Å²) < 4.78 is 29.2. The van der Waals surface area contributed by atoms with Gasteiger partial charge < -0.3 is 10.2 Å². The predicted molar refractivity (Wildman–Crippen MR) is 181 cm³/mol. The van der Waals surface area contributed by atoms with Crippen LogP contribution in [-0.2, 0) is 32.6 Å². The predicted octanol–water partition coefficient (Wildman–Crippen LogP) is 7.32. The number of hydrogen-bond donors (Lipinski definition) is 1. The molecule has 236 valence electrons. The maximum Gasteiger partial charge on any atom is 0.264 e. The molecular formula is C34H34Cl3N3O4S. The van der Waals surface area contributed by atoms with Crippen LogP contribution in [0.25, 0.3) is 0 Å². The first-order chi connectivity index (χ1) is 21.5. The van der Waals surface area contributed by atoms with Gasteiger partial charge in [0.1, 0.15) is 12.6 Å². The van der Waals surface area contributed by atoms with Crippen molar-refractivity contribution in [3.05, 3.63) is 129 Å². The van der Waals surface area contributed by atoms with Gasteiger partial charge in [0.05, 0.1) is 10.6 Å². The summed E-state index contributed by atoms with van der Waals surface area (Å²) in [4.78, 5) is 29.6. The Morgan fingerprint density at radius 3 is 2.18 bits per heavy atom. The second-order valence-electron chi connectivity index (χ2n) is 10.6. The Labute approximate surface area is 279 Å². The molecule has 4 rings (SSSR count). The van der Waals surface area contributed by atoms with Gasteiger partial charge in [0, 0.05) is 34.6 Å². The zero-order chi connectivity index (χ0) is 32.6. The summed E-state index contributed by atoms with van der Waals surface area (Å²) in [6.07, 6.45) is 0.882.